The molecule has 24 heavy (non-hydrogen) atoms. The number of aromatic nitrogens is 3. The number of ether oxygens (including phenoxy) is 1. The van der Waals surface area contributed by atoms with Crippen molar-refractivity contribution in [2.24, 2.45) is 0 Å². The third-order valence-corrected chi connectivity index (χ3v) is 3.39. The molecule has 1 aromatic rings. The predicted molar refractivity (Wildman–Crippen MR) is 81.4 cm³/mol. The Labute approximate surface area is 135 Å². The Balaban J connectivity index is 1.82. The van der Waals surface area contributed by atoms with E-state index in [2.05, 4.69) is 20.3 Å². The minimum absolute atomic E-state index is 0.0781. The second-order valence-corrected chi connectivity index (χ2v) is 5.01. The number of carbonyl (C=O) groups is 2. The quantitative estimate of drug-likeness (QED) is 0.652. The number of rotatable bonds is 5. The smallest absolute Gasteiger partial charge is 0.341 e. The van der Waals surface area contributed by atoms with E-state index in [9.17, 15) is 14.4 Å². The normalized spacial score (nSPS) is 10.7. The van der Waals surface area contributed by atoms with Gasteiger partial charge in [0.2, 0.25) is 5.91 Å². The van der Waals surface area contributed by atoms with Crippen LogP contribution in [0.4, 0.5) is 0 Å². The van der Waals surface area contributed by atoms with Gasteiger partial charge in [0, 0.05) is 12.4 Å². The lowest BCUT2D eigenvalue weighted by atomic mass is 10.1. The zero-order chi connectivity index (χ0) is 17.1. The first-order valence-corrected chi connectivity index (χ1v) is 7.04. The summed E-state index contributed by atoms with van der Waals surface area (Å²) in [6.07, 6.45) is 4.39. The van der Waals surface area contributed by atoms with Crippen molar-refractivity contribution < 1.29 is 18.7 Å². The van der Waals surface area contributed by atoms with Gasteiger partial charge in [-0.25, -0.2) is 9.89 Å². The lowest BCUT2D eigenvalue weighted by molar-refractivity contribution is -0.121. The molecule has 2 N–H and O–H groups in total. The standard InChI is InChI=1S/C15H14N4O5/c1-23-15(22)11-7-19(6-10-13(11)17-18-14(10)21)8-12(20)16-5-9-3-2-4-24-9/h2-4,6-7H,5,8H2,1H3,(H,16,20)(H,18,21). The first-order valence-electron chi connectivity index (χ1n) is 7.04. The Morgan fingerprint density at radius 1 is 1.42 bits per heavy atom. The number of H-pyrrole nitrogens is 1. The van der Waals surface area contributed by atoms with Gasteiger partial charge in [0.05, 0.1) is 25.5 Å². The Kier molecular flexibility index (Phi) is 4.15. The topological polar surface area (TPSA) is 119 Å². The van der Waals surface area contributed by atoms with Gasteiger partial charge in [-0.1, -0.05) is 0 Å². The molecule has 0 saturated heterocycles. The van der Waals surface area contributed by atoms with Crippen LogP contribution in [-0.2, 0) is 22.6 Å². The van der Waals surface area contributed by atoms with Gasteiger partial charge in [0.25, 0.3) is 5.56 Å². The van der Waals surface area contributed by atoms with Gasteiger partial charge in [0.1, 0.15) is 23.6 Å². The predicted octanol–water partition coefficient (Wildman–Crippen LogP) is 0.372. The van der Waals surface area contributed by atoms with Crippen molar-refractivity contribution in [1.29, 1.82) is 0 Å². The third kappa shape index (κ3) is 3.05. The molecule has 0 unspecified atom stereocenters. The van der Waals surface area contributed by atoms with Gasteiger partial charge in [-0.15, -0.1) is 0 Å². The number of hydrogen-bond acceptors (Lipinski definition) is 6. The fraction of sp³-hybridized carbons (Fsp3) is 0.200. The van der Waals surface area contributed by atoms with Crippen molar-refractivity contribution in [1.82, 2.24) is 20.1 Å². The summed E-state index contributed by atoms with van der Waals surface area (Å²) in [4.78, 5) is 35.6. The van der Waals surface area contributed by atoms with Gasteiger partial charge >= 0.3 is 5.97 Å². The van der Waals surface area contributed by atoms with Crippen LogP contribution in [0.15, 0.2) is 40.0 Å². The molecular formula is C15H14N4O5. The van der Waals surface area contributed by atoms with Gasteiger partial charge in [-0.05, 0) is 12.1 Å². The molecule has 0 spiro atoms. The van der Waals surface area contributed by atoms with E-state index in [0.717, 1.165) is 0 Å². The van der Waals surface area contributed by atoms with E-state index in [-0.39, 0.29) is 35.8 Å². The summed E-state index contributed by atoms with van der Waals surface area (Å²) in [5.41, 5.74) is 0.0727. The van der Waals surface area contributed by atoms with E-state index < -0.39 is 11.5 Å². The van der Waals surface area contributed by atoms with Gasteiger partial charge in [-0.3, -0.25) is 9.59 Å². The average molecular weight is 330 g/mol. The molecule has 3 heterocycles. The Morgan fingerprint density at radius 3 is 2.96 bits per heavy atom. The molecule has 1 aromatic heterocycles. The van der Waals surface area contributed by atoms with Crippen molar-refractivity contribution >= 4 is 11.9 Å². The summed E-state index contributed by atoms with van der Waals surface area (Å²) in [7, 11) is 1.23. The summed E-state index contributed by atoms with van der Waals surface area (Å²) in [6.45, 7) is 0.169. The van der Waals surface area contributed by atoms with Crippen LogP contribution in [0.1, 0.15) is 16.1 Å². The van der Waals surface area contributed by atoms with E-state index in [4.69, 9.17) is 4.42 Å². The largest absolute Gasteiger partial charge is 0.467 e. The highest BCUT2D eigenvalue weighted by Crippen LogP contribution is 2.20. The van der Waals surface area contributed by atoms with Crippen LogP contribution in [0.3, 0.4) is 0 Å². The van der Waals surface area contributed by atoms with Crippen LogP contribution in [0.25, 0.3) is 11.3 Å². The number of esters is 1. The molecule has 3 rings (SSSR count). The average Bonchev–Trinajstić information content (AvgIpc) is 3.22. The second kappa shape index (κ2) is 6.41. The maximum Gasteiger partial charge on any atom is 0.341 e. The van der Waals surface area contributed by atoms with Crippen molar-refractivity contribution in [2.45, 2.75) is 13.1 Å². The fourth-order valence-electron chi connectivity index (χ4n) is 2.26. The third-order valence-electron chi connectivity index (χ3n) is 3.39. The molecular weight excluding hydrogens is 316 g/mol. The van der Waals surface area contributed by atoms with Crippen LogP contribution in [0.2, 0.25) is 0 Å². The van der Waals surface area contributed by atoms with Crippen LogP contribution in [0, 0.1) is 0 Å². The molecule has 0 bridgehead atoms. The number of amides is 1. The van der Waals surface area contributed by atoms with Crippen LogP contribution >= 0.6 is 0 Å². The van der Waals surface area contributed by atoms with E-state index in [1.807, 2.05) is 0 Å². The monoisotopic (exact) mass is 330 g/mol. The molecule has 9 nitrogen and oxygen atoms in total. The molecule has 1 amide bonds. The van der Waals surface area contributed by atoms with E-state index >= 15 is 0 Å². The molecule has 0 saturated carbocycles. The molecule has 124 valence electrons. The van der Waals surface area contributed by atoms with Crippen molar-refractivity contribution in [2.75, 3.05) is 7.11 Å². The molecule has 0 radical (unpaired) electrons. The molecule has 0 atom stereocenters. The summed E-state index contributed by atoms with van der Waals surface area (Å²) >= 11 is 0. The van der Waals surface area contributed by atoms with E-state index in [1.165, 1.54) is 30.3 Å². The summed E-state index contributed by atoms with van der Waals surface area (Å²) in [5.74, 6) is -0.324. The molecule has 2 aliphatic heterocycles. The Hall–Kier alpha value is -3.36. The lowest BCUT2D eigenvalue weighted by Crippen LogP contribution is -2.27. The number of pyridine rings is 1. The van der Waals surface area contributed by atoms with E-state index in [1.54, 1.807) is 12.1 Å². The van der Waals surface area contributed by atoms with Crippen molar-refractivity contribution in [3.8, 4) is 11.3 Å². The van der Waals surface area contributed by atoms with Gasteiger partial charge < -0.3 is 19.0 Å². The van der Waals surface area contributed by atoms with Gasteiger partial charge in [-0.2, -0.15) is 5.10 Å². The summed E-state index contributed by atoms with van der Waals surface area (Å²) < 4.78 is 11.2. The number of nitrogens with one attached hydrogen (secondary N) is 2. The summed E-state index contributed by atoms with van der Waals surface area (Å²) in [5, 5.41) is 8.77. The minimum Gasteiger partial charge on any atom is -0.467 e. The number of furan rings is 1. The number of carbonyl (C=O) groups excluding carboxylic acids is 2. The number of aromatic amines is 1. The maximum atomic E-state index is 12.0. The lowest BCUT2D eigenvalue weighted by Gasteiger charge is -2.11. The number of methoxy groups -OCH3 is 1. The highest BCUT2D eigenvalue weighted by Gasteiger charge is 2.22. The highest BCUT2D eigenvalue weighted by molar-refractivity contribution is 5.96. The molecule has 0 fully saturated rings. The molecule has 2 aliphatic rings. The minimum atomic E-state index is -0.642. The zero-order valence-electron chi connectivity index (χ0n) is 12.7. The molecule has 0 aliphatic carbocycles. The van der Waals surface area contributed by atoms with Crippen molar-refractivity contribution in [3.05, 3.63) is 52.5 Å². The Bertz CT molecular complexity index is 893. The van der Waals surface area contributed by atoms with Gasteiger partial charge in [0.15, 0.2) is 0 Å². The first-order chi connectivity index (χ1) is 11.6. The summed E-state index contributed by atoms with van der Waals surface area (Å²) in [6, 6.07) is 3.46. The van der Waals surface area contributed by atoms with Crippen LogP contribution in [-0.4, -0.2) is 33.8 Å². The fourth-order valence-corrected chi connectivity index (χ4v) is 2.26. The zero-order valence-corrected chi connectivity index (χ0v) is 12.7. The Morgan fingerprint density at radius 2 is 2.25 bits per heavy atom. The van der Waals surface area contributed by atoms with Crippen LogP contribution in [0.5, 0.6) is 0 Å². The second-order valence-electron chi connectivity index (χ2n) is 5.01. The maximum absolute atomic E-state index is 12.0. The number of nitrogens with zero attached hydrogens (tertiary/aromatic N) is 2. The van der Waals surface area contributed by atoms with Crippen LogP contribution < -0.4 is 10.9 Å². The number of hydrogen-bond donors (Lipinski definition) is 2. The SMILES string of the molecule is COC(=O)c1cn(CC(=O)NCc2ccco2)cc2c(=O)[nH]nc1-2. The molecule has 0 aromatic carbocycles. The molecule has 9 heteroatoms. The first kappa shape index (κ1) is 15.5. The van der Waals surface area contributed by atoms with Crippen molar-refractivity contribution in [3.63, 3.8) is 0 Å². The highest BCUT2D eigenvalue weighted by atomic mass is 16.5. The number of fused-ring (bicyclic) bond motifs is 1. The van der Waals surface area contributed by atoms with E-state index in [0.29, 0.717) is 5.76 Å².